The zero-order valence-corrected chi connectivity index (χ0v) is 22.2. The van der Waals surface area contributed by atoms with E-state index in [1.165, 1.54) is 0 Å². The van der Waals surface area contributed by atoms with Gasteiger partial charge in [0.1, 0.15) is 11.3 Å². The second-order valence-electron chi connectivity index (χ2n) is 9.31. The second-order valence-corrected chi connectivity index (χ2v) is 11.3. The fourth-order valence-corrected chi connectivity index (χ4v) is 4.76. The number of ether oxygens (including phenoxy) is 2. The Balaban J connectivity index is 2.40. The molecule has 10 nitrogen and oxygen atoms in total. The number of rotatable bonds is 13. The molecule has 0 aliphatic heterocycles. The largest absolute Gasteiger partial charge is 0.480 e. The Hall–Kier alpha value is -3.04. The minimum atomic E-state index is -5.32. The zero-order chi connectivity index (χ0) is 27.8. The van der Waals surface area contributed by atoms with Crippen LogP contribution in [-0.2, 0) is 34.8 Å². The van der Waals surface area contributed by atoms with Crippen LogP contribution in [0.5, 0.6) is 0 Å². The molecular formula is C26H34NO9P. The highest BCUT2D eigenvalue weighted by molar-refractivity contribution is 7.53. The van der Waals surface area contributed by atoms with Crippen molar-refractivity contribution in [1.82, 2.24) is 5.32 Å². The maximum absolute atomic E-state index is 12.7. The van der Waals surface area contributed by atoms with E-state index in [-0.39, 0.29) is 6.42 Å². The average molecular weight is 536 g/mol. The van der Waals surface area contributed by atoms with Gasteiger partial charge in [0.25, 0.3) is 0 Å². The van der Waals surface area contributed by atoms with Gasteiger partial charge >= 0.3 is 25.5 Å². The molecule has 4 N–H and O–H groups in total. The third kappa shape index (κ3) is 9.09. The number of benzene rings is 2. The van der Waals surface area contributed by atoms with E-state index in [9.17, 15) is 33.8 Å². The number of carbonyl (C=O) groups is 3. The highest BCUT2D eigenvalue weighted by atomic mass is 31.2. The maximum Gasteiger partial charge on any atom is 0.346 e. The first kappa shape index (κ1) is 30.2. The Labute approximate surface area is 216 Å². The van der Waals surface area contributed by atoms with Crippen LogP contribution >= 0.6 is 7.60 Å². The molecule has 0 bridgehead atoms. The summed E-state index contributed by atoms with van der Waals surface area (Å²) in [5, 5.41) is 9.80. The first-order valence-electron chi connectivity index (χ1n) is 11.8. The second kappa shape index (κ2) is 13.0. The van der Waals surface area contributed by atoms with Crippen molar-refractivity contribution < 1.29 is 43.3 Å². The molecule has 37 heavy (non-hydrogen) atoms. The summed E-state index contributed by atoms with van der Waals surface area (Å²) in [5.74, 6) is -3.42. The Bertz CT molecular complexity index is 1090. The summed E-state index contributed by atoms with van der Waals surface area (Å²) >= 11 is 0. The van der Waals surface area contributed by atoms with Crippen molar-refractivity contribution in [2.75, 3.05) is 0 Å². The SMILES string of the molecule is CC(C)OC(=O)CC(CC(=O)OC(C)C)(NC(Cc1ccc(-c2ccccc2)cc1)C(=O)O)P(=O)(O)O. The molecule has 2 rings (SSSR count). The molecular weight excluding hydrogens is 501 g/mol. The van der Waals surface area contributed by atoms with Gasteiger partial charge < -0.3 is 24.4 Å². The van der Waals surface area contributed by atoms with Crippen LogP contribution in [-0.4, -0.2) is 56.3 Å². The average Bonchev–Trinajstić information content (AvgIpc) is 2.77. The molecule has 0 aromatic heterocycles. The van der Waals surface area contributed by atoms with Crippen molar-refractivity contribution in [3.05, 3.63) is 60.2 Å². The van der Waals surface area contributed by atoms with Gasteiger partial charge in [-0.05, 0) is 50.8 Å². The third-order valence-electron chi connectivity index (χ3n) is 5.41. The van der Waals surface area contributed by atoms with Gasteiger partial charge in [-0.25, -0.2) is 0 Å². The van der Waals surface area contributed by atoms with Gasteiger partial charge in [-0.1, -0.05) is 54.6 Å². The number of nitrogens with one attached hydrogen (secondary N) is 1. The van der Waals surface area contributed by atoms with Crippen LogP contribution in [0.1, 0.15) is 46.1 Å². The monoisotopic (exact) mass is 535 g/mol. The Morgan fingerprint density at radius 2 is 1.30 bits per heavy atom. The van der Waals surface area contributed by atoms with Crippen molar-refractivity contribution >= 4 is 25.5 Å². The Morgan fingerprint density at radius 1 is 0.838 bits per heavy atom. The third-order valence-corrected chi connectivity index (χ3v) is 6.97. The lowest BCUT2D eigenvalue weighted by atomic mass is 9.99. The van der Waals surface area contributed by atoms with Gasteiger partial charge in [0.15, 0.2) is 0 Å². The molecule has 202 valence electrons. The Kier molecular flexibility index (Phi) is 10.6. The van der Waals surface area contributed by atoms with Crippen LogP contribution in [0.15, 0.2) is 54.6 Å². The number of hydrogen-bond donors (Lipinski definition) is 4. The lowest BCUT2D eigenvalue weighted by Crippen LogP contribution is -2.56. The summed E-state index contributed by atoms with van der Waals surface area (Å²) in [6, 6.07) is 15.0. The molecule has 0 fully saturated rings. The van der Waals surface area contributed by atoms with Crippen molar-refractivity contribution in [3.63, 3.8) is 0 Å². The summed E-state index contributed by atoms with van der Waals surface area (Å²) in [5.41, 5.74) is 2.44. The van der Waals surface area contributed by atoms with Crippen LogP contribution in [0.2, 0.25) is 0 Å². The van der Waals surface area contributed by atoms with E-state index in [1.54, 1.807) is 52.0 Å². The summed E-state index contributed by atoms with van der Waals surface area (Å²) in [4.78, 5) is 57.8. The molecule has 0 aliphatic carbocycles. The highest BCUT2D eigenvalue weighted by Crippen LogP contribution is 2.53. The number of aliphatic carboxylic acids is 1. The minimum Gasteiger partial charge on any atom is -0.480 e. The maximum atomic E-state index is 12.7. The van der Waals surface area contributed by atoms with Crippen molar-refractivity contribution in [1.29, 1.82) is 0 Å². The van der Waals surface area contributed by atoms with E-state index in [2.05, 4.69) is 5.32 Å². The predicted octanol–water partition coefficient (Wildman–Crippen LogP) is 3.50. The smallest absolute Gasteiger partial charge is 0.346 e. The minimum absolute atomic E-state index is 0.176. The summed E-state index contributed by atoms with van der Waals surface area (Å²) in [6.07, 6.45) is -3.26. The molecule has 0 saturated carbocycles. The fraction of sp³-hybridized carbons (Fsp3) is 0.423. The molecule has 0 aliphatic rings. The summed E-state index contributed by atoms with van der Waals surface area (Å²) in [7, 11) is -5.32. The first-order chi connectivity index (χ1) is 17.2. The van der Waals surface area contributed by atoms with Gasteiger partial charge in [-0.15, -0.1) is 0 Å². The first-order valence-corrected chi connectivity index (χ1v) is 13.4. The van der Waals surface area contributed by atoms with Gasteiger partial charge in [0, 0.05) is 0 Å². The van der Waals surface area contributed by atoms with Crippen molar-refractivity contribution in [2.45, 2.75) is 70.5 Å². The van der Waals surface area contributed by atoms with Crippen LogP contribution < -0.4 is 5.32 Å². The van der Waals surface area contributed by atoms with E-state index < -0.39 is 61.9 Å². The molecule has 2 aromatic carbocycles. The molecule has 1 atom stereocenters. The normalized spacial score (nSPS) is 12.9. The number of carbonyl (C=O) groups excluding carboxylic acids is 2. The molecule has 11 heteroatoms. The molecule has 0 spiro atoms. The predicted molar refractivity (Wildman–Crippen MR) is 137 cm³/mol. The van der Waals surface area contributed by atoms with E-state index in [0.717, 1.165) is 11.1 Å². The summed E-state index contributed by atoms with van der Waals surface area (Å²) in [6.45, 7) is 6.21. The number of carboxylic acids is 1. The van der Waals surface area contributed by atoms with Crippen molar-refractivity contribution in [3.8, 4) is 11.1 Å². The van der Waals surface area contributed by atoms with E-state index in [4.69, 9.17) is 9.47 Å². The number of esters is 2. The molecule has 0 radical (unpaired) electrons. The molecule has 0 amide bonds. The van der Waals surface area contributed by atoms with Crippen molar-refractivity contribution in [2.24, 2.45) is 0 Å². The zero-order valence-electron chi connectivity index (χ0n) is 21.3. The molecule has 0 heterocycles. The number of hydrogen-bond acceptors (Lipinski definition) is 7. The molecule has 1 unspecified atom stereocenters. The lowest BCUT2D eigenvalue weighted by Gasteiger charge is -2.36. The van der Waals surface area contributed by atoms with Crippen LogP contribution in [0.3, 0.4) is 0 Å². The van der Waals surface area contributed by atoms with Crippen LogP contribution in [0, 0.1) is 0 Å². The van der Waals surface area contributed by atoms with E-state index in [0.29, 0.717) is 5.56 Å². The quantitative estimate of drug-likeness (QED) is 0.221. The lowest BCUT2D eigenvalue weighted by molar-refractivity contribution is -0.153. The van der Waals surface area contributed by atoms with Gasteiger partial charge in [0.05, 0.1) is 25.0 Å². The fourth-order valence-electron chi connectivity index (χ4n) is 3.77. The molecule has 2 aromatic rings. The van der Waals surface area contributed by atoms with E-state index >= 15 is 0 Å². The topological polar surface area (TPSA) is 159 Å². The Morgan fingerprint density at radius 3 is 1.70 bits per heavy atom. The van der Waals surface area contributed by atoms with Crippen LogP contribution in [0.25, 0.3) is 11.1 Å². The van der Waals surface area contributed by atoms with Crippen LogP contribution in [0.4, 0.5) is 0 Å². The van der Waals surface area contributed by atoms with Gasteiger partial charge in [-0.2, -0.15) is 0 Å². The molecule has 0 saturated heterocycles. The van der Waals surface area contributed by atoms with Gasteiger partial charge in [-0.3, -0.25) is 24.3 Å². The van der Waals surface area contributed by atoms with E-state index in [1.807, 2.05) is 30.3 Å². The highest BCUT2D eigenvalue weighted by Gasteiger charge is 2.53. The standard InChI is InChI=1S/C26H34NO9P/c1-17(2)35-23(28)15-26(37(32,33)34,16-24(29)36-18(3)4)27-22(25(30)31)14-19-10-12-21(13-11-19)20-8-6-5-7-9-20/h5-13,17-18,22,27H,14-16H2,1-4H3,(H,30,31)(H2,32,33,34). The number of carboxylic acid groups (broad SMARTS) is 1. The summed E-state index contributed by atoms with van der Waals surface area (Å²) < 4.78 is 22.8. The van der Waals surface area contributed by atoms with Gasteiger partial charge in [0.2, 0.25) is 0 Å².